The Hall–Kier alpha value is -1.90. The highest BCUT2D eigenvalue weighted by atomic mass is 19.3. The number of benzene rings is 1. The molecule has 0 aromatic heterocycles. The first-order chi connectivity index (χ1) is 11.9. The monoisotopic (exact) mass is 353 g/mol. The van der Waals surface area contributed by atoms with Gasteiger partial charge < -0.3 is 14.2 Å². The molecule has 1 aromatic rings. The van der Waals surface area contributed by atoms with Crippen LogP contribution in [0.2, 0.25) is 0 Å². The number of ether oxygens (including phenoxy) is 3. The average molecular weight is 353 g/mol. The second kappa shape index (κ2) is 5.82. The number of imide groups is 1. The highest BCUT2D eigenvalue weighted by Gasteiger charge is 2.53. The molecule has 1 aromatic carbocycles. The van der Waals surface area contributed by atoms with Gasteiger partial charge in [-0.25, -0.2) is 8.78 Å². The Balaban J connectivity index is 1.52. The van der Waals surface area contributed by atoms with E-state index in [2.05, 4.69) is 0 Å². The summed E-state index contributed by atoms with van der Waals surface area (Å²) in [6.07, 6.45) is -1.24. The van der Waals surface area contributed by atoms with Gasteiger partial charge in [0.1, 0.15) is 6.10 Å². The van der Waals surface area contributed by atoms with E-state index in [1.807, 2.05) is 0 Å². The number of rotatable bonds is 3. The van der Waals surface area contributed by atoms with E-state index in [1.54, 1.807) is 12.1 Å². The van der Waals surface area contributed by atoms with Crippen LogP contribution in [-0.4, -0.2) is 60.9 Å². The molecule has 2 amide bonds. The van der Waals surface area contributed by atoms with Crippen molar-refractivity contribution in [2.45, 2.75) is 30.7 Å². The Kier molecular flexibility index (Phi) is 3.86. The highest BCUT2D eigenvalue weighted by molar-refractivity contribution is 6.21. The van der Waals surface area contributed by atoms with Crippen LogP contribution in [0.25, 0.3) is 0 Å². The Morgan fingerprint density at radius 3 is 2.28 bits per heavy atom. The number of halogens is 2. The molecule has 1 unspecified atom stereocenters. The van der Waals surface area contributed by atoms with Crippen LogP contribution in [0.3, 0.4) is 0 Å². The number of nitrogens with zero attached hydrogens (tertiary/aromatic N) is 1. The van der Waals surface area contributed by atoms with Crippen molar-refractivity contribution >= 4 is 11.8 Å². The maximum atomic E-state index is 14.8. The molecule has 134 valence electrons. The third-order valence-electron chi connectivity index (χ3n) is 4.83. The molecule has 2 saturated heterocycles. The zero-order valence-electron chi connectivity index (χ0n) is 13.4. The van der Waals surface area contributed by atoms with Crippen LogP contribution in [0.1, 0.15) is 33.6 Å². The lowest BCUT2D eigenvalue weighted by Crippen LogP contribution is -2.53. The quantitative estimate of drug-likeness (QED) is 0.776. The van der Waals surface area contributed by atoms with Crippen molar-refractivity contribution in [3.8, 4) is 0 Å². The fraction of sp³-hybridized carbons (Fsp3) is 0.529. The first-order valence-electron chi connectivity index (χ1n) is 8.14. The minimum atomic E-state index is -3.41. The van der Waals surface area contributed by atoms with E-state index in [0.717, 1.165) is 0 Å². The normalized spacial score (nSPS) is 25.7. The fourth-order valence-corrected chi connectivity index (χ4v) is 3.53. The lowest BCUT2D eigenvalue weighted by atomic mass is 9.97. The molecule has 0 N–H and O–H groups in total. The maximum Gasteiger partial charge on any atom is 0.291 e. The topological polar surface area (TPSA) is 65.1 Å². The van der Waals surface area contributed by atoms with Crippen LogP contribution < -0.4 is 0 Å². The maximum absolute atomic E-state index is 14.8. The second-order valence-electron chi connectivity index (χ2n) is 6.42. The molecular formula is C17H17F2NO5. The minimum absolute atomic E-state index is 0.0718. The standard InChI is InChI=1S/C17H17F2NO5/c18-17(19,13-9-16(5-6-23-13)24-7-8-25-16)10-20-14(21)11-3-1-2-4-12(11)15(20)22/h1-4,13H,5-10H2. The van der Waals surface area contributed by atoms with Crippen molar-refractivity contribution in [2.75, 3.05) is 26.4 Å². The van der Waals surface area contributed by atoms with Crippen molar-refractivity contribution in [2.24, 2.45) is 0 Å². The summed E-state index contributed by atoms with van der Waals surface area (Å²) in [5.41, 5.74) is 0.290. The largest absolute Gasteiger partial charge is 0.371 e. The van der Waals surface area contributed by atoms with E-state index in [9.17, 15) is 18.4 Å². The van der Waals surface area contributed by atoms with Gasteiger partial charge in [-0.15, -0.1) is 0 Å². The number of hydrogen-bond donors (Lipinski definition) is 0. The molecule has 2 fully saturated rings. The van der Waals surface area contributed by atoms with E-state index in [1.165, 1.54) is 12.1 Å². The van der Waals surface area contributed by atoms with E-state index in [-0.39, 0.29) is 24.2 Å². The predicted molar refractivity (Wildman–Crippen MR) is 80.4 cm³/mol. The minimum Gasteiger partial charge on any atom is -0.371 e. The molecular weight excluding hydrogens is 336 g/mol. The molecule has 0 bridgehead atoms. The summed E-state index contributed by atoms with van der Waals surface area (Å²) in [6, 6.07) is 6.10. The summed E-state index contributed by atoms with van der Waals surface area (Å²) in [5, 5.41) is 0. The van der Waals surface area contributed by atoms with Crippen molar-refractivity contribution in [3.05, 3.63) is 35.4 Å². The lowest BCUT2D eigenvalue weighted by molar-refractivity contribution is -0.257. The van der Waals surface area contributed by atoms with Gasteiger partial charge in [-0.2, -0.15) is 0 Å². The molecule has 0 radical (unpaired) electrons. The van der Waals surface area contributed by atoms with E-state index in [0.29, 0.717) is 24.5 Å². The third-order valence-corrected chi connectivity index (χ3v) is 4.83. The predicted octanol–water partition coefficient (Wildman–Crippen LogP) is 1.84. The molecule has 3 aliphatic heterocycles. The Labute approximate surface area is 142 Å². The summed E-state index contributed by atoms with van der Waals surface area (Å²) in [4.78, 5) is 25.2. The third kappa shape index (κ3) is 2.74. The van der Waals surface area contributed by atoms with Crippen LogP contribution in [0.5, 0.6) is 0 Å². The van der Waals surface area contributed by atoms with Gasteiger partial charge in [0.25, 0.3) is 17.7 Å². The Bertz CT molecular complexity index is 682. The van der Waals surface area contributed by atoms with Crippen LogP contribution in [0.4, 0.5) is 8.78 Å². The SMILES string of the molecule is O=C1c2ccccc2C(=O)N1CC(F)(F)C1CC2(CCO1)OCCO2. The zero-order chi connectivity index (χ0) is 17.7. The molecule has 1 spiro atoms. The van der Waals surface area contributed by atoms with Crippen molar-refractivity contribution < 1.29 is 32.6 Å². The summed E-state index contributed by atoms with van der Waals surface area (Å²) in [5.74, 6) is -5.87. The molecule has 0 saturated carbocycles. The van der Waals surface area contributed by atoms with Gasteiger partial charge in [0.15, 0.2) is 5.79 Å². The van der Waals surface area contributed by atoms with Gasteiger partial charge in [0.2, 0.25) is 0 Å². The summed E-state index contributed by atoms with van der Waals surface area (Å²) in [6.45, 7) is -0.240. The van der Waals surface area contributed by atoms with Crippen molar-refractivity contribution in [3.63, 3.8) is 0 Å². The molecule has 25 heavy (non-hydrogen) atoms. The molecule has 3 aliphatic rings. The van der Waals surface area contributed by atoms with Gasteiger partial charge >= 0.3 is 0 Å². The number of fused-ring (bicyclic) bond motifs is 1. The van der Waals surface area contributed by atoms with Gasteiger partial charge in [-0.3, -0.25) is 14.5 Å². The van der Waals surface area contributed by atoms with Crippen LogP contribution >= 0.6 is 0 Å². The Morgan fingerprint density at radius 1 is 1.08 bits per heavy atom. The number of hydrogen-bond acceptors (Lipinski definition) is 5. The van der Waals surface area contributed by atoms with Gasteiger partial charge in [0, 0.05) is 12.8 Å². The number of amides is 2. The van der Waals surface area contributed by atoms with Gasteiger partial charge in [-0.05, 0) is 12.1 Å². The first-order valence-corrected chi connectivity index (χ1v) is 8.14. The molecule has 0 aliphatic carbocycles. The molecule has 6 nitrogen and oxygen atoms in total. The average Bonchev–Trinajstić information content (AvgIpc) is 3.14. The number of carbonyl (C=O) groups is 2. The van der Waals surface area contributed by atoms with E-state index >= 15 is 0 Å². The van der Waals surface area contributed by atoms with Crippen molar-refractivity contribution in [1.82, 2.24) is 4.90 Å². The van der Waals surface area contributed by atoms with Gasteiger partial charge in [-0.1, -0.05) is 12.1 Å². The van der Waals surface area contributed by atoms with Crippen molar-refractivity contribution in [1.29, 1.82) is 0 Å². The van der Waals surface area contributed by atoms with Crippen LogP contribution in [0.15, 0.2) is 24.3 Å². The molecule has 1 atom stereocenters. The van der Waals surface area contributed by atoms with E-state index in [4.69, 9.17) is 14.2 Å². The zero-order valence-corrected chi connectivity index (χ0v) is 13.4. The highest BCUT2D eigenvalue weighted by Crippen LogP contribution is 2.39. The smallest absolute Gasteiger partial charge is 0.291 e. The number of carbonyl (C=O) groups excluding carboxylic acids is 2. The lowest BCUT2D eigenvalue weighted by Gasteiger charge is -2.39. The summed E-state index contributed by atoms with van der Waals surface area (Å²) in [7, 11) is 0. The van der Waals surface area contributed by atoms with Crippen LogP contribution in [-0.2, 0) is 14.2 Å². The molecule has 8 heteroatoms. The van der Waals surface area contributed by atoms with Crippen LogP contribution in [0, 0.1) is 0 Å². The van der Waals surface area contributed by atoms with E-state index < -0.39 is 36.2 Å². The summed E-state index contributed by atoms with van der Waals surface area (Å²) >= 11 is 0. The molecule has 3 heterocycles. The van der Waals surface area contributed by atoms with Gasteiger partial charge in [0.05, 0.1) is 37.5 Å². The fourth-order valence-electron chi connectivity index (χ4n) is 3.53. The summed E-state index contributed by atoms with van der Waals surface area (Å²) < 4.78 is 45.8. The second-order valence-corrected chi connectivity index (χ2v) is 6.42. The Morgan fingerprint density at radius 2 is 1.68 bits per heavy atom. The molecule has 4 rings (SSSR count). The first kappa shape index (κ1) is 16.6. The number of alkyl halides is 2.